The van der Waals surface area contributed by atoms with Crippen LogP contribution in [0.1, 0.15) is 0 Å². The van der Waals surface area contributed by atoms with E-state index >= 15 is 0 Å². The summed E-state index contributed by atoms with van der Waals surface area (Å²) in [5, 5.41) is 0. The summed E-state index contributed by atoms with van der Waals surface area (Å²) in [5.74, 6) is -1.75. The highest BCUT2D eigenvalue weighted by Gasteiger charge is 2.18. The topological polar surface area (TPSA) is 80.7 Å². The fraction of sp³-hybridized carbons (Fsp3) is 0.125. The smallest absolute Gasteiger partial charge is 0.329 e. The number of carbonyl (C=O) groups excluding carboxylic acids is 1. The number of benzene rings is 1. The molecule has 0 fully saturated rings. The van der Waals surface area contributed by atoms with Crippen molar-refractivity contribution in [2.45, 2.75) is 0 Å². The summed E-state index contributed by atoms with van der Waals surface area (Å²) in [7, 11) is -4.36. The Hall–Kier alpha value is 0.790. The third-order valence-electron chi connectivity index (χ3n) is 1.48. The van der Waals surface area contributed by atoms with Crippen molar-refractivity contribution in [3.05, 3.63) is 22.8 Å². The van der Waals surface area contributed by atoms with Crippen LogP contribution in [0, 0.1) is 10.7 Å². The minimum Gasteiger partial charge on any atom is -0.423 e. The van der Waals surface area contributed by atoms with Gasteiger partial charge in [0.1, 0.15) is 0 Å². The molecule has 0 aliphatic carbocycles. The Morgan fingerprint density at radius 1 is 1.24 bits per heavy atom. The van der Waals surface area contributed by atoms with Gasteiger partial charge in [0, 0.05) is 3.57 Å². The second-order valence-electron chi connectivity index (χ2n) is 2.90. The Balaban J connectivity index is 2.93. The largest absolute Gasteiger partial charge is 0.423 e. The van der Waals surface area contributed by atoms with Gasteiger partial charge >= 0.3 is 5.97 Å². The number of hydrogen-bond donors (Lipinski definition) is 1. The average Bonchev–Trinajstić information content (AvgIpc) is 2.08. The van der Waals surface area contributed by atoms with E-state index in [1.54, 1.807) is 12.1 Å². The van der Waals surface area contributed by atoms with Crippen LogP contribution >= 0.6 is 67.8 Å². The maximum atomic E-state index is 11.2. The van der Waals surface area contributed by atoms with Crippen molar-refractivity contribution in [2.24, 2.45) is 0 Å². The molecule has 0 saturated heterocycles. The van der Waals surface area contributed by atoms with E-state index in [2.05, 4.69) is 22.6 Å². The molecule has 0 heterocycles. The van der Waals surface area contributed by atoms with Gasteiger partial charge in [-0.25, -0.2) is 0 Å². The molecule has 0 radical (unpaired) electrons. The average molecular weight is 594 g/mol. The van der Waals surface area contributed by atoms with Crippen LogP contribution in [0.3, 0.4) is 0 Å². The van der Waals surface area contributed by atoms with Gasteiger partial charge in [-0.15, -0.1) is 0 Å². The molecule has 0 atom stereocenters. The van der Waals surface area contributed by atoms with Crippen molar-refractivity contribution in [1.29, 1.82) is 0 Å². The molecule has 1 aromatic carbocycles. The number of halogens is 3. The van der Waals surface area contributed by atoms with Crippen LogP contribution in [0.15, 0.2) is 12.1 Å². The second-order valence-corrected chi connectivity index (χ2v) is 7.92. The quantitative estimate of drug-likeness (QED) is 0.252. The van der Waals surface area contributed by atoms with E-state index < -0.39 is 21.8 Å². The Bertz CT molecular complexity index is 531. The van der Waals surface area contributed by atoms with E-state index in [4.69, 9.17) is 9.29 Å². The fourth-order valence-electron chi connectivity index (χ4n) is 0.919. The van der Waals surface area contributed by atoms with Crippen LogP contribution < -0.4 is 4.74 Å². The second kappa shape index (κ2) is 6.29. The van der Waals surface area contributed by atoms with Gasteiger partial charge in [-0.1, -0.05) is 0 Å². The predicted molar refractivity (Wildman–Crippen MR) is 86.6 cm³/mol. The molecule has 0 bridgehead atoms. The lowest BCUT2D eigenvalue weighted by Gasteiger charge is -2.08. The number of carbonyl (C=O) groups is 1. The molecule has 0 saturated carbocycles. The highest BCUT2D eigenvalue weighted by atomic mass is 127. The molecule has 0 unspecified atom stereocenters. The zero-order chi connectivity index (χ0) is 13.2. The SMILES string of the molecule is O=C(CS(=O)(=O)O)Oc1c(I)cc(I)cc1I. The van der Waals surface area contributed by atoms with Crippen LogP contribution in [0.25, 0.3) is 0 Å². The molecule has 1 aromatic rings. The molecule has 94 valence electrons. The number of rotatable bonds is 3. The molecule has 1 N–H and O–H groups in total. The minimum atomic E-state index is -4.36. The summed E-state index contributed by atoms with van der Waals surface area (Å²) in [5.41, 5.74) is 0. The predicted octanol–water partition coefficient (Wildman–Crippen LogP) is 2.29. The first-order valence-electron chi connectivity index (χ1n) is 3.99. The molecule has 1 rings (SSSR count). The van der Waals surface area contributed by atoms with Crippen LogP contribution in [0.5, 0.6) is 5.75 Å². The third kappa shape index (κ3) is 5.52. The van der Waals surface area contributed by atoms with Gasteiger partial charge in [0.2, 0.25) is 0 Å². The first-order valence-corrected chi connectivity index (χ1v) is 8.84. The number of hydrogen-bond acceptors (Lipinski definition) is 4. The van der Waals surface area contributed by atoms with E-state index in [0.29, 0.717) is 12.9 Å². The summed E-state index contributed by atoms with van der Waals surface area (Å²) >= 11 is 6.08. The number of ether oxygens (including phenoxy) is 1. The van der Waals surface area contributed by atoms with Gasteiger partial charge in [0.05, 0.1) is 7.14 Å². The lowest BCUT2D eigenvalue weighted by atomic mass is 10.3. The Kier molecular flexibility index (Phi) is 5.87. The summed E-state index contributed by atoms with van der Waals surface area (Å²) in [4.78, 5) is 11.2. The normalized spacial score (nSPS) is 11.3. The van der Waals surface area contributed by atoms with Gasteiger partial charge in [-0.3, -0.25) is 9.35 Å². The monoisotopic (exact) mass is 594 g/mol. The highest BCUT2D eigenvalue weighted by Crippen LogP contribution is 2.29. The molecular formula is C8H5I3O5S. The molecular weight excluding hydrogens is 589 g/mol. The van der Waals surface area contributed by atoms with Crippen molar-refractivity contribution >= 4 is 83.9 Å². The molecule has 9 heteroatoms. The van der Waals surface area contributed by atoms with Crippen molar-refractivity contribution in [3.63, 3.8) is 0 Å². The van der Waals surface area contributed by atoms with Crippen LogP contribution in [0.2, 0.25) is 0 Å². The molecule has 0 aromatic heterocycles. The Morgan fingerprint density at radius 2 is 1.71 bits per heavy atom. The van der Waals surface area contributed by atoms with E-state index in [1.807, 2.05) is 45.2 Å². The molecule has 0 spiro atoms. The zero-order valence-electron chi connectivity index (χ0n) is 7.98. The Labute approximate surface area is 139 Å². The molecule has 0 amide bonds. The summed E-state index contributed by atoms with van der Waals surface area (Å²) in [6.07, 6.45) is 0. The lowest BCUT2D eigenvalue weighted by molar-refractivity contribution is -0.131. The van der Waals surface area contributed by atoms with E-state index in [0.717, 1.165) is 3.57 Å². The first kappa shape index (κ1) is 15.8. The van der Waals surface area contributed by atoms with Crippen molar-refractivity contribution in [3.8, 4) is 5.75 Å². The minimum absolute atomic E-state index is 0.306. The summed E-state index contributed by atoms with van der Waals surface area (Å²) in [6, 6.07) is 3.58. The van der Waals surface area contributed by atoms with E-state index in [9.17, 15) is 13.2 Å². The number of esters is 1. The van der Waals surface area contributed by atoms with Crippen molar-refractivity contribution < 1.29 is 22.5 Å². The first-order chi connectivity index (χ1) is 7.69. The van der Waals surface area contributed by atoms with Crippen LogP contribution in [-0.4, -0.2) is 24.7 Å². The maximum Gasteiger partial charge on any atom is 0.329 e. The van der Waals surface area contributed by atoms with Crippen LogP contribution in [0.4, 0.5) is 0 Å². The van der Waals surface area contributed by atoms with Crippen molar-refractivity contribution in [1.82, 2.24) is 0 Å². The molecule has 0 aliphatic rings. The van der Waals surface area contributed by atoms with Gasteiger partial charge in [-0.2, -0.15) is 8.42 Å². The van der Waals surface area contributed by atoms with E-state index in [1.165, 1.54) is 0 Å². The van der Waals surface area contributed by atoms with E-state index in [-0.39, 0.29) is 0 Å². The molecule has 17 heavy (non-hydrogen) atoms. The van der Waals surface area contributed by atoms with Gasteiger partial charge in [0.25, 0.3) is 10.1 Å². The summed E-state index contributed by atoms with van der Waals surface area (Å²) in [6.45, 7) is 0. The van der Waals surface area contributed by atoms with Crippen molar-refractivity contribution in [2.75, 3.05) is 5.75 Å². The van der Waals surface area contributed by atoms with Gasteiger partial charge in [0.15, 0.2) is 11.5 Å². The lowest BCUT2D eigenvalue weighted by Crippen LogP contribution is -2.21. The Morgan fingerprint density at radius 3 is 2.12 bits per heavy atom. The van der Waals surface area contributed by atoms with Gasteiger partial charge in [-0.05, 0) is 79.9 Å². The standard InChI is InChI=1S/C8H5I3O5S/c9-4-1-5(10)8(6(11)2-4)16-7(12)3-17(13,14)15/h1-2H,3H2,(H,13,14,15). The third-order valence-corrected chi connectivity index (χ3v) is 4.31. The molecule has 5 nitrogen and oxygen atoms in total. The van der Waals surface area contributed by atoms with Crippen LogP contribution in [-0.2, 0) is 14.9 Å². The summed E-state index contributed by atoms with van der Waals surface area (Å²) < 4.78 is 36.8. The fourth-order valence-corrected chi connectivity index (χ4v) is 5.08. The molecule has 0 aliphatic heterocycles. The highest BCUT2D eigenvalue weighted by molar-refractivity contribution is 14.1. The zero-order valence-corrected chi connectivity index (χ0v) is 15.3. The maximum absolute atomic E-state index is 11.2. The van der Waals surface area contributed by atoms with Gasteiger partial charge < -0.3 is 4.74 Å².